The molecule has 0 fully saturated rings. The van der Waals surface area contributed by atoms with Crippen molar-refractivity contribution < 1.29 is 14.3 Å². The van der Waals surface area contributed by atoms with Gasteiger partial charge in [0.25, 0.3) is 0 Å². The third-order valence-electron chi connectivity index (χ3n) is 2.80. The minimum absolute atomic E-state index is 0.297. The second-order valence-corrected chi connectivity index (χ2v) is 4.17. The molecule has 2 rings (SSSR count). The van der Waals surface area contributed by atoms with Gasteiger partial charge in [0.2, 0.25) is 0 Å². The van der Waals surface area contributed by atoms with Gasteiger partial charge in [0.1, 0.15) is 6.04 Å². The van der Waals surface area contributed by atoms with Gasteiger partial charge in [-0.3, -0.25) is 4.57 Å². The molecule has 0 aliphatic heterocycles. The van der Waals surface area contributed by atoms with Gasteiger partial charge in [0.05, 0.1) is 12.1 Å². The number of esters is 1. The van der Waals surface area contributed by atoms with Gasteiger partial charge in [-0.05, 0) is 26.0 Å². The number of ether oxygens (including phenoxy) is 1. The molecule has 100 valence electrons. The van der Waals surface area contributed by atoms with Crippen LogP contribution in [0.3, 0.4) is 0 Å². The van der Waals surface area contributed by atoms with Gasteiger partial charge < -0.3 is 10.1 Å². The Bertz CT molecular complexity index is 604. The maximum Gasteiger partial charge on any atom is 0.328 e. The lowest BCUT2D eigenvalue weighted by Crippen LogP contribution is -2.41. The van der Waals surface area contributed by atoms with Gasteiger partial charge in [-0.1, -0.05) is 18.2 Å². The number of nitrogens with zero attached hydrogens (tertiary/aromatic N) is 1. The lowest BCUT2D eigenvalue weighted by Gasteiger charge is -2.13. The highest BCUT2D eigenvalue weighted by Gasteiger charge is 2.18. The highest BCUT2D eigenvalue weighted by atomic mass is 16.5. The van der Waals surface area contributed by atoms with Gasteiger partial charge in [-0.15, -0.1) is 0 Å². The average Bonchev–Trinajstić information content (AvgIpc) is 2.82. The fraction of sp³-hybridized carbons (Fsp3) is 0.286. The summed E-state index contributed by atoms with van der Waals surface area (Å²) in [5.41, 5.74) is 0.802. The molecule has 2 aromatic rings. The number of fused-ring (bicyclic) bond motifs is 1. The van der Waals surface area contributed by atoms with Crippen LogP contribution in [0, 0.1) is 0 Å². The summed E-state index contributed by atoms with van der Waals surface area (Å²) >= 11 is 0. The molecule has 1 aromatic heterocycles. The van der Waals surface area contributed by atoms with Crippen LogP contribution in [-0.2, 0) is 9.53 Å². The Morgan fingerprint density at radius 1 is 1.32 bits per heavy atom. The molecule has 1 aromatic carbocycles. The van der Waals surface area contributed by atoms with Crippen LogP contribution in [0.15, 0.2) is 36.5 Å². The summed E-state index contributed by atoms with van der Waals surface area (Å²) in [6, 6.07) is 8.38. The number of carbonyl (C=O) groups excluding carboxylic acids is 2. The molecule has 0 aliphatic carbocycles. The first-order valence-electron chi connectivity index (χ1n) is 6.17. The molecule has 0 spiro atoms. The lowest BCUT2D eigenvalue weighted by molar-refractivity contribution is -0.144. The van der Waals surface area contributed by atoms with E-state index in [1.165, 1.54) is 4.57 Å². The summed E-state index contributed by atoms with van der Waals surface area (Å²) in [7, 11) is 0. The number of nitrogens with one attached hydrogen (secondary N) is 1. The van der Waals surface area contributed by atoms with Crippen LogP contribution in [0.1, 0.15) is 13.8 Å². The SMILES string of the molecule is CCOC(=O)[C@H](C)NC(=O)n1ccc2ccccc21. The van der Waals surface area contributed by atoms with Crippen LogP contribution >= 0.6 is 0 Å². The van der Waals surface area contributed by atoms with Crippen molar-refractivity contribution in [3.05, 3.63) is 36.5 Å². The van der Waals surface area contributed by atoms with Crippen LogP contribution in [0.25, 0.3) is 10.9 Å². The summed E-state index contributed by atoms with van der Waals surface area (Å²) in [4.78, 5) is 23.5. The molecule has 5 nitrogen and oxygen atoms in total. The van der Waals surface area contributed by atoms with Crippen LogP contribution in [0.5, 0.6) is 0 Å². The lowest BCUT2D eigenvalue weighted by atomic mass is 10.2. The van der Waals surface area contributed by atoms with Crippen molar-refractivity contribution in [3.63, 3.8) is 0 Å². The molecule has 19 heavy (non-hydrogen) atoms. The molecule has 0 radical (unpaired) electrons. The van der Waals surface area contributed by atoms with Crippen molar-refractivity contribution in [2.24, 2.45) is 0 Å². The van der Waals surface area contributed by atoms with Crippen molar-refractivity contribution in [2.75, 3.05) is 6.61 Å². The molecule has 0 saturated carbocycles. The van der Waals surface area contributed by atoms with E-state index in [1.807, 2.05) is 30.3 Å². The standard InChI is InChI=1S/C14H16N2O3/c1-3-19-13(17)10(2)15-14(18)16-9-8-11-6-4-5-7-12(11)16/h4-10H,3H2,1-2H3,(H,15,18)/t10-/m0/s1. The van der Waals surface area contributed by atoms with Crippen LogP contribution < -0.4 is 5.32 Å². The molecule has 0 unspecified atom stereocenters. The quantitative estimate of drug-likeness (QED) is 0.860. The van der Waals surface area contributed by atoms with E-state index in [9.17, 15) is 9.59 Å². The Kier molecular flexibility index (Phi) is 3.85. The molecule has 0 aliphatic rings. The third kappa shape index (κ3) is 2.76. The third-order valence-corrected chi connectivity index (χ3v) is 2.80. The highest BCUT2D eigenvalue weighted by molar-refractivity contribution is 5.93. The zero-order chi connectivity index (χ0) is 13.8. The van der Waals surface area contributed by atoms with Crippen molar-refractivity contribution in [1.82, 2.24) is 9.88 Å². The summed E-state index contributed by atoms with van der Waals surface area (Å²) in [6.07, 6.45) is 1.68. The Balaban J connectivity index is 2.14. The van der Waals surface area contributed by atoms with Gasteiger partial charge in [0, 0.05) is 11.6 Å². The predicted octanol–water partition coefficient (Wildman–Crippen LogP) is 2.15. The first-order chi connectivity index (χ1) is 9.13. The Morgan fingerprint density at radius 3 is 2.79 bits per heavy atom. The number of rotatable bonds is 3. The van der Waals surface area contributed by atoms with Crippen LogP contribution in [0.4, 0.5) is 4.79 Å². The van der Waals surface area contributed by atoms with Crippen molar-refractivity contribution >= 4 is 22.9 Å². The number of hydrogen-bond acceptors (Lipinski definition) is 3. The van der Waals surface area contributed by atoms with Crippen molar-refractivity contribution in [1.29, 1.82) is 0 Å². The number of aromatic nitrogens is 1. The predicted molar refractivity (Wildman–Crippen MR) is 72.0 cm³/mol. The van der Waals surface area contributed by atoms with E-state index in [4.69, 9.17) is 4.74 Å². The number of benzene rings is 1. The largest absolute Gasteiger partial charge is 0.464 e. The maximum atomic E-state index is 12.1. The average molecular weight is 260 g/mol. The fourth-order valence-electron chi connectivity index (χ4n) is 1.84. The number of amides is 1. The number of hydrogen-bond donors (Lipinski definition) is 1. The monoisotopic (exact) mass is 260 g/mol. The summed E-state index contributed by atoms with van der Waals surface area (Å²) in [5, 5.41) is 3.58. The molecule has 1 amide bonds. The minimum Gasteiger partial charge on any atom is -0.464 e. The number of para-hydroxylation sites is 1. The van der Waals surface area contributed by atoms with Gasteiger partial charge in [0.15, 0.2) is 0 Å². The molecule has 1 atom stereocenters. The second-order valence-electron chi connectivity index (χ2n) is 4.17. The van der Waals surface area contributed by atoms with E-state index in [1.54, 1.807) is 20.0 Å². The van der Waals surface area contributed by atoms with Gasteiger partial charge >= 0.3 is 12.0 Å². The molecular weight excluding hydrogens is 244 g/mol. The summed E-state index contributed by atoms with van der Waals surface area (Å²) in [6.45, 7) is 3.62. The Hall–Kier alpha value is -2.30. The van der Waals surface area contributed by atoms with E-state index in [0.717, 1.165) is 10.9 Å². The normalized spacial score (nSPS) is 12.1. The maximum absolute atomic E-state index is 12.1. The number of carbonyl (C=O) groups is 2. The van der Waals surface area contributed by atoms with E-state index < -0.39 is 12.0 Å². The zero-order valence-electron chi connectivity index (χ0n) is 10.9. The zero-order valence-corrected chi connectivity index (χ0v) is 10.9. The summed E-state index contributed by atoms with van der Waals surface area (Å²) < 4.78 is 6.32. The van der Waals surface area contributed by atoms with Gasteiger partial charge in [-0.2, -0.15) is 0 Å². The van der Waals surface area contributed by atoms with E-state index in [0.29, 0.717) is 6.61 Å². The molecule has 0 saturated heterocycles. The molecular formula is C14H16N2O3. The second kappa shape index (κ2) is 5.56. The fourth-order valence-corrected chi connectivity index (χ4v) is 1.84. The summed E-state index contributed by atoms with van der Waals surface area (Å²) in [5.74, 6) is -0.438. The molecule has 0 bridgehead atoms. The molecule has 5 heteroatoms. The Morgan fingerprint density at radius 2 is 2.05 bits per heavy atom. The van der Waals surface area contributed by atoms with Crippen LogP contribution in [0.2, 0.25) is 0 Å². The van der Waals surface area contributed by atoms with E-state index in [2.05, 4.69) is 5.32 Å². The van der Waals surface area contributed by atoms with Gasteiger partial charge in [-0.25, -0.2) is 9.59 Å². The first-order valence-corrected chi connectivity index (χ1v) is 6.17. The van der Waals surface area contributed by atoms with E-state index >= 15 is 0 Å². The Labute approximate surface area is 111 Å². The highest BCUT2D eigenvalue weighted by Crippen LogP contribution is 2.14. The topological polar surface area (TPSA) is 60.3 Å². The van der Waals surface area contributed by atoms with Crippen LogP contribution in [-0.4, -0.2) is 29.2 Å². The first kappa shape index (κ1) is 13.1. The molecule has 1 heterocycles. The van der Waals surface area contributed by atoms with E-state index in [-0.39, 0.29) is 6.03 Å². The minimum atomic E-state index is -0.673. The molecule has 1 N–H and O–H groups in total. The van der Waals surface area contributed by atoms with Crippen molar-refractivity contribution in [2.45, 2.75) is 19.9 Å². The van der Waals surface area contributed by atoms with Crippen molar-refractivity contribution in [3.8, 4) is 0 Å². The smallest absolute Gasteiger partial charge is 0.328 e.